The van der Waals surface area contributed by atoms with Gasteiger partial charge >= 0.3 is 0 Å². The van der Waals surface area contributed by atoms with Gasteiger partial charge in [0.15, 0.2) is 0 Å². The number of ether oxygens (including phenoxy) is 1. The summed E-state index contributed by atoms with van der Waals surface area (Å²) in [5, 5.41) is 3.05. The molecule has 0 aliphatic carbocycles. The average Bonchev–Trinajstić information content (AvgIpc) is 2.83. The number of nitrogens with one attached hydrogen (secondary N) is 1. The van der Waals surface area contributed by atoms with E-state index in [0.29, 0.717) is 18.5 Å². The molecular formula is C27H28N2O3. The van der Waals surface area contributed by atoms with Gasteiger partial charge in [0, 0.05) is 24.2 Å². The maximum atomic E-state index is 13.6. The Bertz CT molecular complexity index is 1140. The molecule has 0 saturated heterocycles. The standard InChI is InChI=1S/C27H28N2O3/c1-4-19-8-7-10-22(16-19)29-25(30)24-11-6-5-9-21(24)17-27(29,2)26(31)28-18-20-12-14-23(32-3)15-13-20/h5-16H,4,17-18H2,1-3H3,(H,28,31)/t27-/m0/s1. The van der Waals surface area contributed by atoms with Gasteiger partial charge in [-0.25, -0.2) is 0 Å². The Hall–Kier alpha value is -3.60. The fourth-order valence-corrected chi connectivity index (χ4v) is 4.29. The highest BCUT2D eigenvalue weighted by Crippen LogP contribution is 2.36. The van der Waals surface area contributed by atoms with Crippen LogP contribution in [0.1, 0.15) is 40.9 Å². The summed E-state index contributed by atoms with van der Waals surface area (Å²) in [7, 11) is 1.62. The van der Waals surface area contributed by atoms with Crippen molar-refractivity contribution >= 4 is 17.5 Å². The summed E-state index contributed by atoms with van der Waals surface area (Å²) in [4.78, 5) is 28.9. The van der Waals surface area contributed by atoms with Crippen molar-refractivity contribution in [3.8, 4) is 5.75 Å². The maximum absolute atomic E-state index is 13.6. The van der Waals surface area contributed by atoms with Crippen LogP contribution in [0.4, 0.5) is 5.69 Å². The van der Waals surface area contributed by atoms with Crippen LogP contribution < -0.4 is 15.0 Å². The molecule has 2 amide bonds. The van der Waals surface area contributed by atoms with Crippen LogP contribution in [0.25, 0.3) is 0 Å². The number of anilines is 1. The minimum Gasteiger partial charge on any atom is -0.497 e. The number of amides is 2. The Morgan fingerprint density at radius 3 is 2.50 bits per heavy atom. The molecule has 3 aromatic carbocycles. The topological polar surface area (TPSA) is 58.6 Å². The number of carbonyl (C=O) groups is 2. The van der Waals surface area contributed by atoms with E-state index in [1.807, 2.05) is 79.7 Å². The molecule has 3 aromatic rings. The number of fused-ring (bicyclic) bond motifs is 1. The third kappa shape index (κ3) is 3.98. The molecule has 1 aliphatic heterocycles. The molecule has 1 atom stereocenters. The molecule has 32 heavy (non-hydrogen) atoms. The molecule has 5 heteroatoms. The van der Waals surface area contributed by atoms with Crippen molar-refractivity contribution in [1.29, 1.82) is 0 Å². The molecule has 1 aliphatic rings. The quantitative estimate of drug-likeness (QED) is 0.627. The van der Waals surface area contributed by atoms with E-state index in [-0.39, 0.29) is 11.8 Å². The lowest BCUT2D eigenvalue weighted by Crippen LogP contribution is -2.63. The molecule has 0 aromatic heterocycles. The molecule has 5 nitrogen and oxygen atoms in total. The van der Waals surface area contributed by atoms with Crippen molar-refractivity contribution in [2.45, 2.75) is 38.8 Å². The van der Waals surface area contributed by atoms with Crippen LogP contribution in [0.3, 0.4) is 0 Å². The molecule has 0 saturated carbocycles. The third-order valence-electron chi connectivity index (χ3n) is 6.16. The summed E-state index contributed by atoms with van der Waals surface area (Å²) in [5.74, 6) is 0.434. The predicted octanol–water partition coefficient (Wildman–Crippen LogP) is 4.54. The van der Waals surface area contributed by atoms with Crippen molar-refractivity contribution in [2.75, 3.05) is 12.0 Å². The van der Waals surface area contributed by atoms with E-state index in [2.05, 4.69) is 12.2 Å². The van der Waals surface area contributed by atoms with Gasteiger partial charge in [0.25, 0.3) is 5.91 Å². The minimum atomic E-state index is -1.05. The van der Waals surface area contributed by atoms with Gasteiger partial charge in [-0.3, -0.25) is 14.5 Å². The predicted molar refractivity (Wildman–Crippen MR) is 126 cm³/mol. The summed E-state index contributed by atoms with van der Waals surface area (Å²) < 4.78 is 5.20. The highest BCUT2D eigenvalue weighted by molar-refractivity contribution is 6.14. The first-order chi connectivity index (χ1) is 15.5. The summed E-state index contributed by atoms with van der Waals surface area (Å²) in [6.07, 6.45) is 1.30. The number of aryl methyl sites for hydroxylation is 1. The zero-order valence-corrected chi connectivity index (χ0v) is 18.7. The molecular weight excluding hydrogens is 400 g/mol. The average molecular weight is 429 g/mol. The first-order valence-electron chi connectivity index (χ1n) is 10.9. The first kappa shape index (κ1) is 21.6. The number of hydrogen-bond acceptors (Lipinski definition) is 3. The van der Waals surface area contributed by atoms with Crippen LogP contribution >= 0.6 is 0 Å². The van der Waals surface area contributed by atoms with E-state index in [0.717, 1.165) is 34.5 Å². The second-order valence-corrected chi connectivity index (χ2v) is 8.30. The van der Waals surface area contributed by atoms with E-state index in [1.54, 1.807) is 12.0 Å². The molecule has 164 valence electrons. The smallest absolute Gasteiger partial charge is 0.259 e. The number of nitrogens with zero attached hydrogens (tertiary/aromatic N) is 1. The van der Waals surface area contributed by atoms with Gasteiger partial charge in [0.1, 0.15) is 11.3 Å². The highest BCUT2D eigenvalue weighted by atomic mass is 16.5. The molecule has 4 rings (SSSR count). The van der Waals surface area contributed by atoms with Crippen molar-refractivity contribution in [3.63, 3.8) is 0 Å². The Kier molecular flexibility index (Phi) is 5.99. The number of hydrogen-bond donors (Lipinski definition) is 1. The maximum Gasteiger partial charge on any atom is 0.259 e. The van der Waals surface area contributed by atoms with E-state index in [1.165, 1.54) is 0 Å². The van der Waals surface area contributed by atoms with Crippen LogP contribution in [-0.4, -0.2) is 24.5 Å². The Labute approximate surface area is 189 Å². The lowest BCUT2D eigenvalue weighted by molar-refractivity contribution is -0.126. The van der Waals surface area contributed by atoms with Crippen LogP contribution in [-0.2, 0) is 24.2 Å². The second-order valence-electron chi connectivity index (χ2n) is 8.30. The summed E-state index contributed by atoms with van der Waals surface area (Å²) >= 11 is 0. The van der Waals surface area contributed by atoms with E-state index in [9.17, 15) is 9.59 Å². The molecule has 1 heterocycles. The fraction of sp³-hybridized carbons (Fsp3) is 0.259. The van der Waals surface area contributed by atoms with Gasteiger partial charge in [-0.15, -0.1) is 0 Å². The summed E-state index contributed by atoms with van der Waals surface area (Å²) in [5.41, 5.74) is 3.31. The summed E-state index contributed by atoms with van der Waals surface area (Å²) in [6.45, 7) is 4.30. The number of rotatable bonds is 6. The Morgan fingerprint density at radius 2 is 1.78 bits per heavy atom. The van der Waals surface area contributed by atoms with Gasteiger partial charge in [-0.05, 0) is 60.4 Å². The van der Waals surface area contributed by atoms with Crippen molar-refractivity contribution < 1.29 is 14.3 Å². The van der Waals surface area contributed by atoms with Gasteiger partial charge in [0.2, 0.25) is 5.91 Å². The van der Waals surface area contributed by atoms with Crippen LogP contribution in [0.5, 0.6) is 5.75 Å². The largest absolute Gasteiger partial charge is 0.497 e. The Balaban J connectivity index is 1.68. The monoisotopic (exact) mass is 428 g/mol. The SMILES string of the molecule is CCc1cccc(N2C(=O)c3ccccc3C[C@@]2(C)C(=O)NCc2ccc(OC)cc2)c1. The number of carbonyl (C=O) groups excluding carboxylic acids is 2. The summed E-state index contributed by atoms with van der Waals surface area (Å²) in [6, 6.07) is 23.0. The molecule has 0 fully saturated rings. The lowest BCUT2D eigenvalue weighted by Gasteiger charge is -2.44. The van der Waals surface area contributed by atoms with Gasteiger partial charge in [0.05, 0.1) is 7.11 Å². The van der Waals surface area contributed by atoms with Crippen LogP contribution in [0.15, 0.2) is 72.8 Å². The van der Waals surface area contributed by atoms with Crippen LogP contribution in [0, 0.1) is 0 Å². The van der Waals surface area contributed by atoms with Gasteiger partial charge in [-0.1, -0.05) is 49.4 Å². The highest BCUT2D eigenvalue weighted by Gasteiger charge is 2.47. The van der Waals surface area contributed by atoms with E-state index in [4.69, 9.17) is 4.74 Å². The van der Waals surface area contributed by atoms with Crippen LogP contribution in [0.2, 0.25) is 0 Å². The normalized spacial score (nSPS) is 17.6. The fourth-order valence-electron chi connectivity index (χ4n) is 4.29. The van der Waals surface area contributed by atoms with Gasteiger partial charge in [-0.2, -0.15) is 0 Å². The molecule has 1 N–H and O–H groups in total. The molecule has 0 spiro atoms. The molecule has 0 unspecified atom stereocenters. The Morgan fingerprint density at radius 1 is 1.03 bits per heavy atom. The minimum absolute atomic E-state index is 0.151. The van der Waals surface area contributed by atoms with Gasteiger partial charge < -0.3 is 10.1 Å². The number of benzene rings is 3. The van der Waals surface area contributed by atoms with Crippen molar-refractivity contribution in [2.24, 2.45) is 0 Å². The number of methoxy groups -OCH3 is 1. The van der Waals surface area contributed by atoms with E-state index < -0.39 is 5.54 Å². The first-order valence-corrected chi connectivity index (χ1v) is 10.9. The second kappa shape index (κ2) is 8.87. The van der Waals surface area contributed by atoms with Crippen molar-refractivity contribution in [3.05, 3.63) is 95.1 Å². The zero-order chi connectivity index (χ0) is 22.7. The third-order valence-corrected chi connectivity index (χ3v) is 6.16. The molecule has 0 bridgehead atoms. The van der Waals surface area contributed by atoms with E-state index >= 15 is 0 Å². The lowest BCUT2D eigenvalue weighted by atomic mass is 9.82. The van der Waals surface area contributed by atoms with Crippen molar-refractivity contribution in [1.82, 2.24) is 5.32 Å². The molecule has 0 radical (unpaired) electrons. The zero-order valence-electron chi connectivity index (χ0n) is 18.7.